The van der Waals surface area contributed by atoms with Crippen LogP contribution in [-0.4, -0.2) is 36.8 Å². The lowest BCUT2D eigenvalue weighted by molar-refractivity contribution is -0.140. The summed E-state index contributed by atoms with van der Waals surface area (Å²) in [6, 6.07) is 11.5. The number of thiazole rings is 1. The van der Waals surface area contributed by atoms with Crippen molar-refractivity contribution < 1.29 is 28.5 Å². The highest BCUT2D eigenvalue weighted by Crippen LogP contribution is 2.36. The molecule has 210 valence electrons. The Balaban J connectivity index is 1.93. The number of para-hydroxylation sites is 1. The standard InChI is InChI=1S/C30H32N2O7S/c1-7-37-22-11-9-8-10-20(22)15-25-28(34)32-27(21-12-13-23(39-19(5)33)24(14-21)36-6)26(18(4)31-30(32)40-25)29(35)38-16-17(2)3/h8-15,17,27H,7,16H2,1-6H3/b25-15-/t27-/m1/s1. The second kappa shape index (κ2) is 12.3. The molecule has 9 nitrogen and oxygen atoms in total. The van der Waals surface area contributed by atoms with E-state index in [0.717, 1.165) is 5.56 Å². The van der Waals surface area contributed by atoms with Gasteiger partial charge in [0.2, 0.25) is 0 Å². The first-order chi connectivity index (χ1) is 19.1. The summed E-state index contributed by atoms with van der Waals surface area (Å²) in [6.07, 6.45) is 1.77. The highest BCUT2D eigenvalue weighted by Gasteiger charge is 2.34. The summed E-state index contributed by atoms with van der Waals surface area (Å²) in [7, 11) is 1.45. The van der Waals surface area contributed by atoms with Crippen LogP contribution in [-0.2, 0) is 14.3 Å². The minimum atomic E-state index is -0.847. The average Bonchev–Trinajstić information content (AvgIpc) is 3.21. The van der Waals surface area contributed by atoms with Crippen LogP contribution in [0.4, 0.5) is 0 Å². The minimum Gasteiger partial charge on any atom is -0.493 e. The number of hydrogen-bond donors (Lipinski definition) is 0. The van der Waals surface area contributed by atoms with Crippen molar-refractivity contribution in [2.24, 2.45) is 10.9 Å². The summed E-state index contributed by atoms with van der Waals surface area (Å²) < 4.78 is 24.0. The van der Waals surface area contributed by atoms with Crippen molar-refractivity contribution in [1.29, 1.82) is 0 Å². The number of carbonyl (C=O) groups is 2. The fraction of sp³-hybridized carbons (Fsp3) is 0.333. The molecule has 0 bridgehead atoms. The summed E-state index contributed by atoms with van der Waals surface area (Å²) >= 11 is 1.23. The lowest BCUT2D eigenvalue weighted by Crippen LogP contribution is -2.40. The molecule has 0 N–H and O–H groups in total. The molecular weight excluding hydrogens is 532 g/mol. The van der Waals surface area contributed by atoms with E-state index in [0.29, 0.717) is 33.0 Å². The van der Waals surface area contributed by atoms with Crippen molar-refractivity contribution in [1.82, 2.24) is 4.57 Å². The van der Waals surface area contributed by atoms with Crippen molar-refractivity contribution in [3.05, 3.63) is 84.5 Å². The second-order valence-corrected chi connectivity index (χ2v) is 10.6. The Labute approximate surface area is 236 Å². The summed E-state index contributed by atoms with van der Waals surface area (Å²) in [6.45, 7) is 9.51. The smallest absolute Gasteiger partial charge is 0.338 e. The van der Waals surface area contributed by atoms with Gasteiger partial charge >= 0.3 is 11.9 Å². The van der Waals surface area contributed by atoms with Crippen LogP contribution in [0.25, 0.3) is 6.08 Å². The maximum atomic E-state index is 13.9. The van der Waals surface area contributed by atoms with Gasteiger partial charge in [-0.15, -0.1) is 0 Å². The molecule has 0 aliphatic carbocycles. The summed E-state index contributed by atoms with van der Waals surface area (Å²) in [5.41, 5.74) is 1.71. The van der Waals surface area contributed by atoms with Gasteiger partial charge in [-0.05, 0) is 49.6 Å². The number of nitrogens with zero attached hydrogens (tertiary/aromatic N) is 2. The van der Waals surface area contributed by atoms with E-state index in [1.807, 2.05) is 45.0 Å². The quantitative estimate of drug-likeness (QED) is 0.288. The molecule has 0 unspecified atom stereocenters. The van der Waals surface area contributed by atoms with E-state index in [1.54, 1.807) is 31.2 Å². The van der Waals surface area contributed by atoms with E-state index in [9.17, 15) is 14.4 Å². The van der Waals surface area contributed by atoms with Crippen molar-refractivity contribution in [3.63, 3.8) is 0 Å². The number of rotatable bonds is 9. The molecule has 1 aliphatic rings. The molecule has 1 atom stereocenters. The van der Waals surface area contributed by atoms with E-state index >= 15 is 0 Å². The largest absolute Gasteiger partial charge is 0.493 e. The zero-order valence-electron chi connectivity index (χ0n) is 23.3. The third-order valence-electron chi connectivity index (χ3n) is 6.05. The lowest BCUT2D eigenvalue weighted by atomic mass is 9.95. The Bertz CT molecular complexity index is 1650. The monoisotopic (exact) mass is 564 g/mol. The predicted octanol–water partition coefficient (Wildman–Crippen LogP) is 3.77. The third-order valence-corrected chi connectivity index (χ3v) is 7.03. The van der Waals surface area contributed by atoms with E-state index in [-0.39, 0.29) is 35.2 Å². The van der Waals surface area contributed by atoms with Crippen LogP contribution in [0.2, 0.25) is 0 Å². The minimum absolute atomic E-state index is 0.123. The molecule has 2 aromatic carbocycles. The number of hydrogen-bond acceptors (Lipinski definition) is 9. The highest BCUT2D eigenvalue weighted by atomic mass is 32.1. The zero-order valence-corrected chi connectivity index (χ0v) is 24.2. The predicted molar refractivity (Wildman–Crippen MR) is 151 cm³/mol. The SMILES string of the molecule is CCOc1ccccc1/C=c1\sc2n(c1=O)[C@H](c1ccc(OC(C)=O)c(OC)c1)C(C(=O)OCC(C)C)=C(C)N=2. The molecule has 10 heteroatoms. The normalized spacial score (nSPS) is 15.0. The maximum Gasteiger partial charge on any atom is 0.338 e. The number of benzene rings is 2. The molecular formula is C30H32N2O7S. The summed E-state index contributed by atoms with van der Waals surface area (Å²) in [5.74, 6) is 0.234. The lowest BCUT2D eigenvalue weighted by Gasteiger charge is -2.25. The number of carbonyl (C=O) groups excluding carboxylic acids is 2. The number of methoxy groups -OCH3 is 1. The van der Waals surface area contributed by atoms with Crippen molar-refractivity contribution >= 4 is 29.4 Å². The summed E-state index contributed by atoms with van der Waals surface area (Å²) in [4.78, 5) is 44.0. The van der Waals surface area contributed by atoms with Gasteiger partial charge in [0.25, 0.3) is 5.56 Å². The number of aromatic nitrogens is 1. The number of allylic oxidation sites excluding steroid dienone is 1. The molecule has 1 aromatic heterocycles. The molecule has 3 aromatic rings. The zero-order chi connectivity index (χ0) is 29.0. The van der Waals surface area contributed by atoms with Gasteiger partial charge in [0.1, 0.15) is 5.75 Å². The molecule has 1 aliphatic heterocycles. The van der Waals surface area contributed by atoms with Crippen LogP contribution >= 0.6 is 11.3 Å². The van der Waals surface area contributed by atoms with Gasteiger partial charge in [-0.3, -0.25) is 14.2 Å². The van der Waals surface area contributed by atoms with Gasteiger partial charge in [-0.2, -0.15) is 0 Å². The van der Waals surface area contributed by atoms with Crippen LogP contribution in [0.15, 0.2) is 63.5 Å². The second-order valence-electron chi connectivity index (χ2n) is 9.55. The van der Waals surface area contributed by atoms with Gasteiger partial charge in [0.15, 0.2) is 16.3 Å². The van der Waals surface area contributed by atoms with Gasteiger partial charge in [-0.1, -0.05) is 49.4 Å². The molecule has 4 rings (SSSR count). The number of fused-ring (bicyclic) bond motifs is 1. The van der Waals surface area contributed by atoms with Crippen molar-refractivity contribution in [3.8, 4) is 17.2 Å². The highest BCUT2D eigenvalue weighted by molar-refractivity contribution is 7.07. The Hall–Kier alpha value is -4.18. The maximum absolute atomic E-state index is 13.9. The van der Waals surface area contributed by atoms with E-state index in [4.69, 9.17) is 18.9 Å². The first-order valence-electron chi connectivity index (χ1n) is 12.9. The molecule has 0 fully saturated rings. The topological polar surface area (TPSA) is 105 Å². The Morgan fingerprint density at radius 2 is 1.88 bits per heavy atom. The average molecular weight is 565 g/mol. The Morgan fingerprint density at radius 3 is 2.55 bits per heavy atom. The molecule has 40 heavy (non-hydrogen) atoms. The van der Waals surface area contributed by atoms with Gasteiger partial charge in [-0.25, -0.2) is 9.79 Å². The molecule has 2 heterocycles. The molecule has 0 amide bonds. The van der Waals surface area contributed by atoms with Crippen LogP contribution in [0.3, 0.4) is 0 Å². The van der Waals surface area contributed by atoms with Crippen LogP contribution in [0.1, 0.15) is 51.8 Å². The number of ether oxygens (including phenoxy) is 4. The van der Waals surface area contributed by atoms with Crippen LogP contribution < -0.4 is 29.1 Å². The molecule has 0 spiro atoms. The first kappa shape index (κ1) is 28.8. The van der Waals surface area contributed by atoms with E-state index in [2.05, 4.69) is 4.99 Å². The van der Waals surface area contributed by atoms with Crippen LogP contribution in [0.5, 0.6) is 17.2 Å². The van der Waals surface area contributed by atoms with Crippen molar-refractivity contribution in [2.45, 2.75) is 40.7 Å². The Kier molecular flexibility index (Phi) is 8.89. The first-order valence-corrected chi connectivity index (χ1v) is 13.7. The molecule has 0 radical (unpaired) electrons. The summed E-state index contributed by atoms with van der Waals surface area (Å²) in [5, 5.41) is 0. The fourth-order valence-corrected chi connectivity index (χ4v) is 5.38. The van der Waals surface area contributed by atoms with Gasteiger partial charge in [0.05, 0.1) is 42.2 Å². The van der Waals surface area contributed by atoms with E-state index in [1.165, 1.54) is 29.9 Å². The number of esters is 2. The Morgan fingerprint density at radius 1 is 1.12 bits per heavy atom. The third kappa shape index (κ3) is 6.02. The fourth-order valence-electron chi connectivity index (χ4n) is 4.34. The van der Waals surface area contributed by atoms with Crippen LogP contribution in [0, 0.1) is 5.92 Å². The van der Waals surface area contributed by atoms with E-state index < -0.39 is 18.0 Å². The van der Waals surface area contributed by atoms with Crippen molar-refractivity contribution in [2.75, 3.05) is 20.3 Å². The van der Waals surface area contributed by atoms with Gasteiger partial charge in [0, 0.05) is 12.5 Å². The molecule has 0 saturated carbocycles. The van der Waals surface area contributed by atoms with Gasteiger partial charge < -0.3 is 18.9 Å². The molecule has 0 saturated heterocycles.